The van der Waals surface area contributed by atoms with Crippen molar-refractivity contribution in [2.75, 3.05) is 24.5 Å². The minimum atomic E-state index is 0.676. The van der Waals surface area contributed by atoms with Crippen LogP contribution in [0.25, 0.3) is 0 Å². The van der Waals surface area contributed by atoms with Crippen LogP contribution in [0.15, 0.2) is 36.5 Å². The standard InChI is InChI=1S/C15H23N3/c1-2-3-5-10-16-14-8-12-18(13-9-14)15-7-4-6-11-17-15/h2-4,6-7,11,14,16H,5,8-10,12-13H2,1H3/b3-2+. The molecule has 1 aromatic rings. The lowest BCUT2D eigenvalue weighted by Crippen LogP contribution is -2.43. The molecule has 0 radical (unpaired) electrons. The molecule has 2 rings (SSSR count). The van der Waals surface area contributed by atoms with Crippen LogP contribution in [-0.4, -0.2) is 30.7 Å². The molecule has 2 heterocycles. The Morgan fingerprint density at radius 1 is 1.39 bits per heavy atom. The highest BCUT2D eigenvalue weighted by molar-refractivity contribution is 5.38. The van der Waals surface area contributed by atoms with Crippen molar-refractivity contribution in [1.82, 2.24) is 10.3 Å². The number of nitrogens with zero attached hydrogens (tertiary/aromatic N) is 2. The molecule has 3 nitrogen and oxygen atoms in total. The Morgan fingerprint density at radius 3 is 2.89 bits per heavy atom. The first kappa shape index (κ1) is 13.1. The Labute approximate surface area is 110 Å². The molecule has 0 amide bonds. The molecule has 18 heavy (non-hydrogen) atoms. The van der Waals surface area contributed by atoms with Gasteiger partial charge >= 0.3 is 0 Å². The van der Waals surface area contributed by atoms with Crippen molar-refractivity contribution in [2.45, 2.75) is 32.2 Å². The molecule has 1 N–H and O–H groups in total. The highest BCUT2D eigenvalue weighted by atomic mass is 15.2. The van der Waals surface area contributed by atoms with Crippen molar-refractivity contribution in [3.63, 3.8) is 0 Å². The summed E-state index contributed by atoms with van der Waals surface area (Å²) in [6.45, 7) is 5.39. The summed E-state index contributed by atoms with van der Waals surface area (Å²) in [4.78, 5) is 6.79. The topological polar surface area (TPSA) is 28.2 Å². The number of nitrogens with one attached hydrogen (secondary N) is 1. The van der Waals surface area contributed by atoms with Crippen molar-refractivity contribution in [1.29, 1.82) is 0 Å². The van der Waals surface area contributed by atoms with Crippen molar-refractivity contribution < 1.29 is 0 Å². The van der Waals surface area contributed by atoms with E-state index >= 15 is 0 Å². The van der Waals surface area contributed by atoms with E-state index in [9.17, 15) is 0 Å². The molecule has 1 aromatic heterocycles. The van der Waals surface area contributed by atoms with Gasteiger partial charge in [-0.15, -0.1) is 0 Å². The number of allylic oxidation sites excluding steroid dienone is 1. The summed E-state index contributed by atoms with van der Waals surface area (Å²) in [5, 5.41) is 3.63. The second kappa shape index (κ2) is 7.17. The number of piperidine rings is 1. The van der Waals surface area contributed by atoms with E-state index in [1.54, 1.807) is 0 Å². The molecule has 0 bridgehead atoms. The van der Waals surface area contributed by atoms with Crippen molar-refractivity contribution in [2.24, 2.45) is 0 Å². The lowest BCUT2D eigenvalue weighted by atomic mass is 10.0. The van der Waals surface area contributed by atoms with Crippen LogP contribution in [-0.2, 0) is 0 Å². The normalized spacial score (nSPS) is 17.5. The van der Waals surface area contributed by atoms with Gasteiger partial charge in [-0.05, 0) is 44.9 Å². The zero-order valence-corrected chi connectivity index (χ0v) is 11.2. The Balaban J connectivity index is 1.71. The van der Waals surface area contributed by atoms with E-state index in [1.807, 2.05) is 12.3 Å². The SMILES string of the molecule is C/C=C/CCNC1CCN(c2ccccn2)CC1. The molecule has 1 fully saturated rings. The molecular weight excluding hydrogens is 222 g/mol. The Hall–Kier alpha value is -1.35. The van der Waals surface area contributed by atoms with Crippen LogP contribution in [0, 0.1) is 0 Å². The van der Waals surface area contributed by atoms with E-state index in [4.69, 9.17) is 0 Å². The third-order valence-corrected chi connectivity index (χ3v) is 3.45. The second-order valence-electron chi connectivity index (χ2n) is 4.76. The van der Waals surface area contributed by atoms with Gasteiger partial charge in [0.05, 0.1) is 0 Å². The Morgan fingerprint density at radius 2 is 2.22 bits per heavy atom. The molecule has 3 heteroatoms. The van der Waals surface area contributed by atoms with Crippen molar-refractivity contribution >= 4 is 5.82 Å². The van der Waals surface area contributed by atoms with E-state index in [-0.39, 0.29) is 0 Å². The fourth-order valence-corrected chi connectivity index (χ4v) is 2.39. The molecule has 98 valence electrons. The van der Waals surface area contributed by atoms with Gasteiger partial charge in [0, 0.05) is 25.3 Å². The molecule has 0 aliphatic carbocycles. The molecule has 0 saturated carbocycles. The summed E-state index contributed by atoms with van der Waals surface area (Å²) in [5.41, 5.74) is 0. The second-order valence-corrected chi connectivity index (χ2v) is 4.76. The van der Waals surface area contributed by atoms with Crippen LogP contribution in [0.2, 0.25) is 0 Å². The summed E-state index contributed by atoms with van der Waals surface area (Å²) in [6, 6.07) is 6.80. The van der Waals surface area contributed by atoms with Crippen LogP contribution in [0.3, 0.4) is 0 Å². The van der Waals surface area contributed by atoms with Gasteiger partial charge in [0.1, 0.15) is 5.82 Å². The zero-order valence-electron chi connectivity index (χ0n) is 11.2. The molecule has 0 unspecified atom stereocenters. The van der Waals surface area contributed by atoms with Gasteiger partial charge < -0.3 is 10.2 Å². The minimum absolute atomic E-state index is 0.676. The Kier molecular flexibility index (Phi) is 5.21. The lowest BCUT2D eigenvalue weighted by Gasteiger charge is -2.33. The van der Waals surface area contributed by atoms with Crippen LogP contribution in [0.5, 0.6) is 0 Å². The predicted molar refractivity (Wildman–Crippen MR) is 76.9 cm³/mol. The quantitative estimate of drug-likeness (QED) is 0.638. The van der Waals surface area contributed by atoms with Crippen molar-refractivity contribution in [3.8, 4) is 0 Å². The highest BCUT2D eigenvalue weighted by Gasteiger charge is 2.18. The third-order valence-electron chi connectivity index (χ3n) is 3.45. The summed E-state index contributed by atoms with van der Waals surface area (Å²) in [6.07, 6.45) is 9.77. The third kappa shape index (κ3) is 3.84. The van der Waals surface area contributed by atoms with Crippen LogP contribution in [0.4, 0.5) is 5.82 Å². The van der Waals surface area contributed by atoms with E-state index < -0.39 is 0 Å². The number of pyridine rings is 1. The first-order valence-electron chi connectivity index (χ1n) is 6.90. The summed E-state index contributed by atoms with van der Waals surface area (Å²) in [7, 11) is 0. The number of anilines is 1. The molecule has 1 aliphatic rings. The smallest absolute Gasteiger partial charge is 0.128 e. The Bertz CT molecular complexity index is 353. The maximum atomic E-state index is 4.41. The molecule has 0 aromatic carbocycles. The molecule has 0 spiro atoms. The number of hydrogen-bond donors (Lipinski definition) is 1. The van der Waals surface area contributed by atoms with Crippen molar-refractivity contribution in [3.05, 3.63) is 36.5 Å². The summed E-state index contributed by atoms with van der Waals surface area (Å²) in [5.74, 6) is 1.12. The first-order chi connectivity index (χ1) is 8.90. The molecular formula is C15H23N3. The number of hydrogen-bond acceptors (Lipinski definition) is 3. The fourth-order valence-electron chi connectivity index (χ4n) is 2.39. The van der Waals surface area contributed by atoms with E-state index in [0.29, 0.717) is 6.04 Å². The largest absolute Gasteiger partial charge is 0.357 e. The predicted octanol–water partition coefficient (Wildman–Crippen LogP) is 2.61. The average molecular weight is 245 g/mol. The number of aromatic nitrogens is 1. The van der Waals surface area contributed by atoms with Crippen LogP contribution in [0.1, 0.15) is 26.2 Å². The van der Waals surface area contributed by atoms with E-state index in [1.165, 1.54) is 12.8 Å². The van der Waals surface area contributed by atoms with Crippen LogP contribution < -0.4 is 10.2 Å². The van der Waals surface area contributed by atoms with Gasteiger partial charge in [0.25, 0.3) is 0 Å². The number of rotatable bonds is 5. The molecule has 0 atom stereocenters. The van der Waals surface area contributed by atoms with Gasteiger partial charge in [-0.3, -0.25) is 0 Å². The first-order valence-corrected chi connectivity index (χ1v) is 6.90. The summed E-state index contributed by atoms with van der Waals surface area (Å²) < 4.78 is 0. The zero-order chi connectivity index (χ0) is 12.6. The minimum Gasteiger partial charge on any atom is -0.357 e. The molecule has 1 saturated heterocycles. The van der Waals surface area contributed by atoms with E-state index in [2.05, 4.69) is 46.4 Å². The highest BCUT2D eigenvalue weighted by Crippen LogP contribution is 2.17. The summed E-state index contributed by atoms with van der Waals surface area (Å²) >= 11 is 0. The van der Waals surface area contributed by atoms with Gasteiger partial charge in [-0.2, -0.15) is 0 Å². The monoisotopic (exact) mass is 245 g/mol. The average Bonchev–Trinajstić information content (AvgIpc) is 2.45. The fraction of sp³-hybridized carbons (Fsp3) is 0.533. The van der Waals surface area contributed by atoms with Gasteiger partial charge in [-0.25, -0.2) is 4.98 Å². The van der Waals surface area contributed by atoms with Crippen LogP contribution >= 0.6 is 0 Å². The lowest BCUT2D eigenvalue weighted by molar-refractivity contribution is 0.417. The maximum Gasteiger partial charge on any atom is 0.128 e. The molecule has 1 aliphatic heterocycles. The van der Waals surface area contributed by atoms with Gasteiger partial charge in [0.2, 0.25) is 0 Å². The maximum absolute atomic E-state index is 4.41. The van der Waals surface area contributed by atoms with Gasteiger partial charge in [0.15, 0.2) is 0 Å². The van der Waals surface area contributed by atoms with E-state index in [0.717, 1.165) is 31.9 Å². The van der Waals surface area contributed by atoms with Gasteiger partial charge in [-0.1, -0.05) is 18.2 Å².